The molecular weight excluding hydrogens is 344 g/mol. The second-order valence-corrected chi connectivity index (χ2v) is 6.57. The van der Waals surface area contributed by atoms with Crippen molar-refractivity contribution in [1.82, 2.24) is 9.97 Å². The maximum atomic E-state index is 12.3. The van der Waals surface area contributed by atoms with E-state index in [1.54, 1.807) is 21.1 Å². The van der Waals surface area contributed by atoms with E-state index in [1.807, 2.05) is 19.1 Å². The summed E-state index contributed by atoms with van der Waals surface area (Å²) in [6, 6.07) is 5.98. The Hall–Kier alpha value is -3.15. The molecule has 0 aliphatic heterocycles. The number of aromatic amines is 2. The first-order valence-electron chi connectivity index (χ1n) is 8.86. The van der Waals surface area contributed by atoms with Gasteiger partial charge < -0.3 is 24.2 Å². The highest BCUT2D eigenvalue weighted by molar-refractivity contribution is 6.15. The fourth-order valence-corrected chi connectivity index (χ4v) is 3.87. The Balaban J connectivity index is 2.05. The van der Waals surface area contributed by atoms with Gasteiger partial charge in [-0.25, -0.2) is 4.79 Å². The molecule has 2 heterocycles. The largest absolute Gasteiger partial charge is 0.493 e. The number of ether oxygens (including phenoxy) is 3. The number of H-pyrrole nitrogens is 2. The van der Waals surface area contributed by atoms with E-state index < -0.39 is 0 Å². The van der Waals surface area contributed by atoms with E-state index in [9.17, 15) is 4.79 Å². The maximum absolute atomic E-state index is 12.3. The van der Waals surface area contributed by atoms with Crippen LogP contribution in [0.15, 0.2) is 18.2 Å². The van der Waals surface area contributed by atoms with Crippen LogP contribution in [0.5, 0.6) is 11.5 Å². The SMILES string of the molecule is CCOC(=O)c1[nH]c2cc3c([nH]c4cc(OC)c(OC)cc43)c(C)c2c1C. The fraction of sp³-hybridized carbons (Fsp3) is 0.286. The molecule has 2 N–H and O–H groups in total. The lowest BCUT2D eigenvalue weighted by molar-refractivity contribution is 0.0520. The van der Waals surface area contributed by atoms with E-state index in [4.69, 9.17) is 14.2 Å². The van der Waals surface area contributed by atoms with Crippen molar-refractivity contribution in [3.8, 4) is 11.5 Å². The molecule has 4 rings (SSSR count). The quantitative estimate of drug-likeness (QED) is 0.517. The van der Waals surface area contributed by atoms with Crippen LogP contribution in [0.2, 0.25) is 0 Å². The summed E-state index contributed by atoms with van der Waals surface area (Å²) in [4.78, 5) is 19.0. The van der Waals surface area contributed by atoms with Crippen molar-refractivity contribution in [1.29, 1.82) is 0 Å². The van der Waals surface area contributed by atoms with E-state index >= 15 is 0 Å². The second kappa shape index (κ2) is 6.23. The Kier molecular flexibility index (Phi) is 3.98. The van der Waals surface area contributed by atoms with Gasteiger partial charge in [-0.05, 0) is 44.0 Å². The number of rotatable bonds is 4. The van der Waals surface area contributed by atoms with Gasteiger partial charge in [0.2, 0.25) is 0 Å². The highest BCUT2D eigenvalue weighted by Gasteiger charge is 2.20. The van der Waals surface area contributed by atoms with Crippen LogP contribution in [-0.2, 0) is 4.74 Å². The predicted molar refractivity (Wildman–Crippen MR) is 106 cm³/mol. The summed E-state index contributed by atoms with van der Waals surface area (Å²) in [6.45, 7) is 6.15. The number of fused-ring (bicyclic) bond motifs is 4. The molecule has 0 atom stereocenters. The third kappa shape index (κ3) is 2.44. The van der Waals surface area contributed by atoms with Gasteiger partial charge in [0.1, 0.15) is 5.69 Å². The van der Waals surface area contributed by atoms with Gasteiger partial charge >= 0.3 is 5.97 Å². The molecule has 6 heteroatoms. The topological polar surface area (TPSA) is 76.3 Å². The molecule has 0 amide bonds. The predicted octanol–water partition coefficient (Wildman–Crippen LogP) is 4.61. The molecule has 0 unspecified atom stereocenters. The number of carbonyl (C=O) groups excluding carboxylic acids is 1. The number of carbonyl (C=O) groups is 1. The van der Waals surface area contributed by atoms with E-state index in [1.165, 1.54) is 0 Å². The molecular formula is C21H22N2O4. The highest BCUT2D eigenvalue weighted by Crippen LogP contribution is 2.39. The van der Waals surface area contributed by atoms with Gasteiger partial charge in [-0.1, -0.05) is 0 Å². The summed E-state index contributed by atoms with van der Waals surface area (Å²) < 4.78 is 16.0. The normalized spacial score (nSPS) is 11.4. The molecule has 27 heavy (non-hydrogen) atoms. The molecule has 4 aromatic rings. The van der Waals surface area contributed by atoms with Crippen molar-refractivity contribution >= 4 is 38.7 Å². The molecule has 0 aliphatic carbocycles. The summed E-state index contributed by atoms with van der Waals surface area (Å²) >= 11 is 0. The van der Waals surface area contributed by atoms with Crippen molar-refractivity contribution in [3.05, 3.63) is 35.0 Å². The Labute approximate surface area is 156 Å². The first-order chi connectivity index (χ1) is 13.0. The molecule has 0 aliphatic rings. The summed E-state index contributed by atoms with van der Waals surface area (Å²) in [5.41, 5.74) is 5.41. The van der Waals surface area contributed by atoms with Gasteiger partial charge in [-0.2, -0.15) is 0 Å². The van der Waals surface area contributed by atoms with Gasteiger partial charge in [0.25, 0.3) is 0 Å². The maximum Gasteiger partial charge on any atom is 0.355 e. The van der Waals surface area contributed by atoms with Crippen molar-refractivity contribution in [2.24, 2.45) is 0 Å². The van der Waals surface area contributed by atoms with E-state index in [0.29, 0.717) is 23.8 Å². The number of aryl methyl sites for hydroxylation is 2. The summed E-state index contributed by atoms with van der Waals surface area (Å²) in [5.74, 6) is 1.03. The fourth-order valence-electron chi connectivity index (χ4n) is 3.87. The van der Waals surface area contributed by atoms with Crippen LogP contribution in [0.3, 0.4) is 0 Å². The molecule has 0 radical (unpaired) electrons. The summed E-state index contributed by atoms with van der Waals surface area (Å²) in [7, 11) is 3.25. The Morgan fingerprint density at radius 3 is 2.30 bits per heavy atom. The third-order valence-electron chi connectivity index (χ3n) is 5.14. The zero-order valence-electron chi connectivity index (χ0n) is 16.1. The van der Waals surface area contributed by atoms with Crippen molar-refractivity contribution in [2.45, 2.75) is 20.8 Å². The Morgan fingerprint density at radius 1 is 0.926 bits per heavy atom. The molecule has 2 aromatic carbocycles. The number of aromatic nitrogens is 2. The lowest BCUT2D eigenvalue weighted by atomic mass is 10.0. The van der Waals surface area contributed by atoms with Gasteiger partial charge in [0.15, 0.2) is 11.5 Å². The Morgan fingerprint density at radius 2 is 1.63 bits per heavy atom. The zero-order chi connectivity index (χ0) is 19.3. The number of hydrogen-bond acceptors (Lipinski definition) is 4. The number of esters is 1. The minimum absolute atomic E-state index is 0.328. The van der Waals surface area contributed by atoms with Gasteiger partial charge in [0, 0.05) is 27.7 Å². The molecule has 0 spiro atoms. The molecule has 140 valence electrons. The van der Waals surface area contributed by atoms with Crippen LogP contribution >= 0.6 is 0 Å². The van der Waals surface area contributed by atoms with Crippen LogP contribution in [0.4, 0.5) is 0 Å². The molecule has 0 saturated carbocycles. The third-order valence-corrected chi connectivity index (χ3v) is 5.14. The standard InChI is InChI=1S/C21H22N2O4/c1-6-27-21(24)20-11(3)18-10(2)19-13(7-15(18)23-20)12-8-16(25-4)17(26-5)9-14(12)22-19/h7-9,22-23H,6H2,1-5H3. The monoisotopic (exact) mass is 366 g/mol. The molecule has 6 nitrogen and oxygen atoms in total. The van der Waals surface area contributed by atoms with Crippen LogP contribution in [0, 0.1) is 13.8 Å². The van der Waals surface area contributed by atoms with Crippen LogP contribution < -0.4 is 9.47 Å². The van der Waals surface area contributed by atoms with Crippen molar-refractivity contribution in [2.75, 3.05) is 20.8 Å². The van der Waals surface area contributed by atoms with Gasteiger partial charge in [-0.3, -0.25) is 0 Å². The molecule has 0 saturated heterocycles. The number of nitrogens with one attached hydrogen (secondary N) is 2. The first-order valence-corrected chi connectivity index (χ1v) is 8.86. The van der Waals surface area contributed by atoms with Gasteiger partial charge in [-0.15, -0.1) is 0 Å². The summed E-state index contributed by atoms with van der Waals surface area (Å²) in [6.07, 6.45) is 0. The second-order valence-electron chi connectivity index (χ2n) is 6.57. The summed E-state index contributed by atoms with van der Waals surface area (Å²) in [5, 5.41) is 3.14. The highest BCUT2D eigenvalue weighted by atomic mass is 16.5. The lowest BCUT2D eigenvalue weighted by Crippen LogP contribution is -2.06. The lowest BCUT2D eigenvalue weighted by Gasteiger charge is -2.07. The Bertz CT molecular complexity index is 1200. The smallest absolute Gasteiger partial charge is 0.355 e. The number of hydrogen-bond donors (Lipinski definition) is 2. The van der Waals surface area contributed by atoms with E-state index in [0.717, 1.165) is 43.8 Å². The average molecular weight is 366 g/mol. The molecule has 0 bridgehead atoms. The van der Waals surface area contributed by atoms with Crippen LogP contribution in [-0.4, -0.2) is 36.8 Å². The van der Waals surface area contributed by atoms with E-state index in [2.05, 4.69) is 23.0 Å². The van der Waals surface area contributed by atoms with Crippen molar-refractivity contribution < 1.29 is 19.0 Å². The molecule has 2 aromatic heterocycles. The number of methoxy groups -OCH3 is 2. The zero-order valence-corrected chi connectivity index (χ0v) is 16.1. The number of benzene rings is 2. The van der Waals surface area contributed by atoms with Crippen LogP contribution in [0.1, 0.15) is 28.5 Å². The van der Waals surface area contributed by atoms with Gasteiger partial charge in [0.05, 0.1) is 31.9 Å². The average Bonchev–Trinajstić information content (AvgIpc) is 3.19. The van der Waals surface area contributed by atoms with E-state index in [-0.39, 0.29) is 5.97 Å². The first kappa shape index (κ1) is 17.3. The minimum atomic E-state index is -0.328. The van der Waals surface area contributed by atoms with Crippen LogP contribution in [0.25, 0.3) is 32.7 Å². The molecule has 0 fully saturated rings. The van der Waals surface area contributed by atoms with Crippen molar-refractivity contribution in [3.63, 3.8) is 0 Å². The minimum Gasteiger partial charge on any atom is -0.493 e.